The average molecular weight is 259 g/mol. The molecule has 0 amide bonds. The van der Waals surface area contributed by atoms with Gasteiger partial charge in [0.1, 0.15) is 0 Å². The Labute approximate surface area is 96.0 Å². The molecule has 7 heteroatoms. The molecule has 5 nitrogen and oxygen atoms in total. The van der Waals surface area contributed by atoms with Gasteiger partial charge in [-0.2, -0.15) is 0 Å². The van der Waals surface area contributed by atoms with E-state index in [4.69, 9.17) is 9.79 Å². The molecule has 0 aliphatic heterocycles. The Balaban J connectivity index is 2.02. The molecule has 2 aromatic rings. The van der Waals surface area contributed by atoms with Crippen LogP contribution in [0.25, 0.3) is 10.2 Å². The van der Waals surface area contributed by atoms with Gasteiger partial charge in [0.05, 0.1) is 21.8 Å². The molecule has 1 aromatic heterocycles. The van der Waals surface area contributed by atoms with Crippen molar-refractivity contribution in [1.82, 2.24) is 4.98 Å². The first-order valence-electron chi connectivity index (χ1n) is 4.59. The predicted octanol–water partition coefficient (Wildman–Crippen LogP) is 1.95. The molecule has 0 fully saturated rings. The molecule has 86 valence electrons. The minimum atomic E-state index is -4.36. The zero-order chi connectivity index (χ0) is 11.6. The van der Waals surface area contributed by atoms with E-state index >= 15 is 0 Å². The highest BCUT2D eigenvalue weighted by molar-refractivity contribution is 7.46. The second kappa shape index (κ2) is 4.61. The van der Waals surface area contributed by atoms with Crippen molar-refractivity contribution in [3.63, 3.8) is 0 Å². The lowest BCUT2D eigenvalue weighted by molar-refractivity contribution is 0.199. The van der Waals surface area contributed by atoms with Crippen LogP contribution in [-0.4, -0.2) is 21.4 Å². The monoisotopic (exact) mass is 259 g/mol. The minimum absolute atomic E-state index is 0.0237. The van der Waals surface area contributed by atoms with Crippen LogP contribution in [-0.2, 0) is 15.5 Å². The highest BCUT2D eigenvalue weighted by Crippen LogP contribution is 2.35. The fraction of sp³-hybridized carbons (Fsp3) is 0.222. The predicted molar refractivity (Wildman–Crippen MR) is 61.3 cm³/mol. The molecule has 0 atom stereocenters. The number of hydrogen-bond donors (Lipinski definition) is 2. The molecule has 0 spiro atoms. The van der Waals surface area contributed by atoms with Crippen molar-refractivity contribution in [2.24, 2.45) is 0 Å². The lowest BCUT2D eigenvalue weighted by Gasteiger charge is -2.02. The molecule has 2 rings (SSSR count). The van der Waals surface area contributed by atoms with E-state index < -0.39 is 7.82 Å². The topological polar surface area (TPSA) is 79.7 Å². The lowest BCUT2D eigenvalue weighted by Crippen LogP contribution is -1.95. The van der Waals surface area contributed by atoms with Gasteiger partial charge in [0.15, 0.2) is 0 Å². The summed E-state index contributed by atoms with van der Waals surface area (Å²) in [4.78, 5) is 21.3. The molecule has 0 aliphatic rings. The van der Waals surface area contributed by atoms with E-state index in [1.165, 1.54) is 11.3 Å². The van der Waals surface area contributed by atoms with Gasteiger partial charge in [-0.3, -0.25) is 4.52 Å². The van der Waals surface area contributed by atoms with Crippen molar-refractivity contribution in [2.45, 2.75) is 6.42 Å². The maximum Gasteiger partial charge on any atom is 0.469 e. The normalized spacial score (nSPS) is 12.1. The SMILES string of the molecule is O=P(O)(O)OCCc1nc2ccccc2s1. The summed E-state index contributed by atoms with van der Waals surface area (Å²) in [6, 6.07) is 7.69. The van der Waals surface area contributed by atoms with Gasteiger partial charge < -0.3 is 9.79 Å². The molecule has 0 saturated carbocycles. The lowest BCUT2D eigenvalue weighted by atomic mass is 10.3. The Morgan fingerprint density at radius 2 is 2.12 bits per heavy atom. The zero-order valence-corrected chi connectivity index (χ0v) is 9.95. The molecular formula is C9H10NO4PS. The van der Waals surface area contributed by atoms with Crippen molar-refractivity contribution in [3.8, 4) is 0 Å². The summed E-state index contributed by atoms with van der Waals surface area (Å²) in [5.74, 6) is 0. The molecule has 0 unspecified atom stereocenters. The molecule has 2 N–H and O–H groups in total. The highest BCUT2D eigenvalue weighted by Gasteiger charge is 2.13. The number of nitrogens with zero attached hydrogens (tertiary/aromatic N) is 1. The van der Waals surface area contributed by atoms with E-state index in [9.17, 15) is 4.57 Å². The van der Waals surface area contributed by atoms with E-state index in [0.717, 1.165) is 15.2 Å². The van der Waals surface area contributed by atoms with Crippen LogP contribution in [0.4, 0.5) is 0 Å². The third-order valence-corrected chi connectivity index (χ3v) is 3.53. The van der Waals surface area contributed by atoms with E-state index in [-0.39, 0.29) is 6.61 Å². The number of para-hydroxylation sites is 1. The first kappa shape index (κ1) is 11.7. The number of phosphoric acid groups is 1. The molecule has 0 bridgehead atoms. The maximum absolute atomic E-state index is 10.4. The summed E-state index contributed by atoms with van der Waals surface area (Å²) < 4.78 is 15.9. The van der Waals surface area contributed by atoms with Crippen LogP contribution in [0, 0.1) is 0 Å². The van der Waals surface area contributed by atoms with Gasteiger partial charge in [-0.1, -0.05) is 12.1 Å². The number of benzene rings is 1. The third kappa shape index (κ3) is 3.10. The molecular weight excluding hydrogens is 249 g/mol. The van der Waals surface area contributed by atoms with Crippen LogP contribution >= 0.6 is 19.2 Å². The molecule has 0 radical (unpaired) electrons. The minimum Gasteiger partial charge on any atom is -0.303 e. The van der Waals surface area contributed by atoms with E-state index in [0.29, 0.717) is 6.42 Å². The molecule has 16 heavy (non-hydrogen) atoms. The van der Waals surface area contributed by atoms with Crippen LogP contribution in [0.15, 0.2) is 24.3 Å². The van der Waals surface area contributed by atoms with E-state index in [2.05, 4.69) is 9.51 Å². The number of aromatic nitrogens is 1. The molecule has 0 aliphatic carbocycles. The van der Waals surface area contributed by atoms with Crippen molar-refractivity contribution in [1.29, 1.82) is 0 Å². The number of phosphoric ester groups is 1. The molecule has 1 heterocycles. The van der Waals surface area contributed by atoms with Gasteiger partial charge in [-0.05, 0) is 12.1 Å². The maximum atomic E-state index is 10.4. The van der Waals surface area contributed by atoms with Crippen LogP contribution < -0.4 is 0 Å². The van der Waals surface area contributed by atoms with Gasteiger partial charge in [0.2, 0.25) is 0 Å². The van der Waals surface area contributed by atoms with Gasteiger partial charge in [-0.15, -0.1) is 11.3 Å². The van der Waals surface area contributed by atoms with Crippen LogP contribution in [0.2, 0.25) is 0 Å². The molecule has 1 aromatic carbocycles. The smallest absolute Gasteiger partial charge is 0.303 e. The summed E-state index contributed by atoms with van der Waals surface area (Å²) in [6.07, 6.45) is 0.407. The average Bonchev–Trinajstić information content (AvgIpc) is 2.57. The summed E-state index contributed by atoms with van der Waals surface area (Å²) in [6.45, 7) is -0.0237. The first-order chi connectivity index (χ1) is 7.54. The van der Waals surface area contributed by atoms with Crippen molar-refractivity contribution in [3.05, 3.63) is 29.3 Å². The number of thiazole rings is 1. The highest BCUT2D eigenvalue weighted by atomic mass is 32.1. The van der Waals surface area contributed by atoms with E-state index in [1.807, 2.05) is 24.3 Å². The number of fused-ring (bicyclic) bond motifs is 1. The van der Waals surface area contributed by atoms with Crippen molar-refractivity contribution < 1.29 is 18.9 Å². The van der Waals surface area contributed by atoms with Crippen LogP contribution in [0.5, 0.6) is 0 Å². The Bertz CT molecular complexity index is 502. The summed E-state index contributed by atoms with van der Waals surface area (Å²) >= 11 is 1.50. The number of rotatable bonds is 4. The van der Waals surface area contributed by atoms with Crippen LogP contribution in [0.1, 0.15) is 5.01 Å². The fourth-order valence-electron chi connectivity index (χ4n) is 1.28. The van der Waals surface area contributed by atoms with Crippen molar-refractivity contribution >= 4 is 29.4 Å². The largest absolute Gasteiger partial charge is 0.469 e. The van der Waals surface area contributed by atoms with Gasteiger partial charge >= 0.3 is 7.82 Å². The number of hydrogen-bond acceptors (Lipinski definition) is 4. The molecule has 0 saturated heterocycles. The Kier molecular flexibility index (Phi) is 3.37. The summed E-state index contributed by atoms with van der Waals surface area (Å²) in [7, 11) is -4.36. The van der Waals surface area contributed by atoms with Crippen molar-refractivity contribution in [2.75, 3.05) is 6.61 Å². The van der Waals surface area contributed by atoms with Gasteiger partial charge in [0.25, 0.3) is 0 Å². The Morgan fingerprint density at radius 1 is 1.38 bits per heavy atom. The second-order valence-electron chi connectivity index (χ2n) is 3.15. The Hall–Kier alpha value is -0.780. The van der Waals surface area contributed by atoms with E-state index in [1.54, 1.807) is 0 Å². The third-order valence-electron chi connectivity index (χ3n) is 1.91. The second-order valence-corrected chi connectivity index (χ2v) is 5.50. The standard InChI is InChI=1S/C9H10NO4PS/c11-15(12,13)14-6-5-9-10-7-3-1-2-4-8(7)16-9/h1-4H,5-6H2,(H2,11,12,13). The van der Waals surface area contributed by atoms with Crippen LogP contribution in [0.3, 0.4) is 0 Å². The summed E-state index contributed by atoms with van der Waals surface area (Å²) in [5, 5.41) is 0.814. The first-order valence-corrected chi connectivity index (χ1v) is 6.94. The quantitative estimate of drug-likeness (QED) is 0.820. The van der Waals surface area contributed by atoms with Gasteiger partial charge in [-0.25, -0.2) is 9.55 Å². The fourth-order valence-corrected chi connectivity index (χ4v) is 2.56. The summed E-state index contributed by atoms with van der Waals surface area (Å²) in [5.41, 5.74) is 0.902. The van der Waals surface area contributed by atoms with Gasteiger partial charge in [0, 0.05) is 6.42 Å². The zero-order valence-electron chi connectivity index (χ0n) is 8.24. The Morgan fingerprint density at radius 3 is 2.81 bits per heavy atom.